The smallest absolute Gasteiger partial charge is 0.149 e. The van der Waals surface area contributed by atoms with Gasteiger partial charge in [0.05, 0.1) is 6.04 Å². The molecule has 0 spiro atoms. The van der Waals surface area contributed by atoms with Gasteiger partial charge in [0.25, 0.3) is 0 Å². The fourth-order valence-corrected chi connectivity index (χ4v) is 3.22. The summed E-state index contributed by atoms with van der Waals surface area (Å²) in [6, 6.07) is 15.0. The Hall–Kier alpha value is -1.98. The molecule has 2 aromatic heterocycles. The standard InChI is InChI=1S/C16H18N4S/c1-12(16-19-18-11-20(16)2)17-10-14-8-9-15(21-14)13-6-4-3-5-7-13/h3-9,11-12,17H,10H2,1-2H3. The SMILES string of the molecule is CC(NCc1ccc(-c2ccccc2)s1)c1nncn1C. The number of hydrogen-bond donors (Lipinski definition) is 1. The van der Waals surface area contributed by atoms with E-state index < -0.39 is 0 Å². The Morgan fingerprint density at radius 3 is 2.71 bits per heavy atom. The lowest BCUT2D eigenvalue weighted by Gasteiger charge is -2.11. The van der Waals surface area contributed by atoms with Gasteiger partial charge in [-0.2, -0.15) is 0 Å². The van der Waals surface area contributed by atoms with Gasteiger partial charge in [-0.05, 0) is 24.6 Å². The van der Waals surface area contributed by atoms with Gasteiger partial charge in [0.2, 0.25) is 0 Å². The third kappa shape index (κ3) is 3.20. The first-order valence-electron chi connectivity index (χ1n) is 6.95. The van der Waals surface area contributed by atoms with Crippen molar-refractivity contribution in [2.45, 2.75) is 19.5 Å². The van der Waals surface area contributed by atoms with E-state index in [1.165, 1.54) is 15.3 Å². The van der Waals surface area contributed by atoms with Gasteiger partial charge in [-0.1, -0.05) is 30.3 Å². The Balaban J connectivity index is 1.64. The molecule has 5 heteroatoms. The second kappa shape index (κ2) is 6.20. The Bertz CT molecular complexity index is 702. The summed E-state index contributed by atoms with van der Waals surface area (Å²) in [5.74, 6) is 0.954. The van der Waals surface area contributed by atoms with Crippen molar-refractivity contribution in [1.29, 1.82) is 0 Å². The third-order valence-electron chi connectivity index (χ3n) is 3.44. The molecule has 0 fully saturated rings. The first-order chi connectivity index (χ1) is 10.2. The molecule has 21 heavy (non-hydrogen) atoms. The summed E-state index contributed by atoms with van der Waals surface area (Å²) in [6.45, 7) is 2.95. The van der Waals surface area contributed by atoms with E-state index in [9.17, 15) is 0 Å². The summed E-state index contributed by atoms with van der Waals surface area (Å²) in [7, 11) is 1.96. The van der Waals surface area contributed by atoms with E-state index in [2.05, 4.69) is 58.8 Å². The first kappa shape index (κ1) is 14.0. The van der Waals surface area contributed by atoms with E-state index in [1.807, 2.05) is 29.0 Å². The second-order valence-electron chi connectivity index (χ2n) is 5.03. The fourth-order valence-electron chi connectivity index (χ4n) is 2.26. The van der Waals surface area contributed by atoms with Crippen LogP contribution in [0.15, 0.2) is 48.8 Å². The second-order valence-corrected chi connectivity index (χ2v) is 6.20. The van der Waals surface area contributed by atoms with Crippen molar-refractivity contribution in [3.63, 3.8) is 0 Å². The molecule has 0 amide bonds. The van der Waals surface area contributed by atoms with E-state index in [0.29, 0.717) is 0 Å². The predicted octanol–water partition coefficient (Wildman–Crippen LogP) is 3.39. The molecule has 2 heterocycles. The Morgan fingerprint density at radius 1 is 1.19 bits per heavy atom. The van der Waals surface area contributed by atoms with Gasteiger partial charge in [0, 0.05) is 23.3 Å². The van der Waals surface area contributed by atoms with Crippen LogP contribution in [0.5, 0.6) is 0 Å². The summed E-state index contributed by atoms with van der Waals surface area (Å²) in [6.07, 6.45) is 1.73. The minimum atomic E-state index is 0.180. The topological polar surface area (TPSA) is 42.7 Å². The van der Waals surface area contributed by atoms with E-state index in [4.69, 9.17) is 0 Å². The monoisotopic (exact) mass is 298 g/mol. The van der Waals surface area contributed by atoms with Crippen LogP contribution in [0.2, 0.25) is 0 Å². The molecule has 0 saturated heterocycles. The van der Waals surface area contributed by atoms with Gasteiger partial charge in [-0.3, -0.25) is 0 Å². The largest absolute Gasteiger partial charge is 0.319 e. The molecule has 1 unspecified atom stereocenters. The van der Waals surface area contributed by atoms with Crippen molar-refractivity contribution in [3.8, 4) is 10.4 Å². The number of aryl methyl sites for hydroxylation is 1. The Morgan fingerprint density at radius 2 is 2.00 bits per heavy atom. The minimum absolute atomic E-state index is 0.180. The summed E-state index contributed by atoms with van der Waals surface area (Å²) in [5, 5.41) is 11.5. The fraction of sp³-hybridized carbons (Fsp3) is 0.250. The lowest BCUT2D eigenvalue weighted by Crippen LogP contribution is -2.20. The normalized spacial score (nSPS) is 12.5. The molecule has 3 aromatic rings. The summed E-state index contributed by atoms with van der Waals surface area (Å²) in [5.41, 5.74) is 1.27. The molecule has 108 valence electrons. The number of rotatable bonds is 5. The third-order valence-corrected chi connectivity index (χ3v) is 4.57. The van der Waals surface area contributed by atoms with Crippen LogP contribution in [-0.2, 0) is 13.6 Å². The van der Waals surface area contributed by atoms with Crippen molar-refractivity contribution in [3.05, 3.63) is 59.5 Å². The van der Waals surface area contributed by atoms with Crippen molar-refractivity contribution >= 4 is 11.3 Å². The molecule has 1 aromatic carbocycles. The molecule has 0 aliphatic carbocycles. The highest BCUT2D eigenvalue weighted by atomic mass is 32.1. The molecule has 0 bridgehead atoms. The van der Waals surface area contributed by atoms with E-state index in [-0.39, 0.29) is 6.04 Å². The van der Waals surface area contributed by atoms with Crippen LogP contribution >= 0.6 is 11.3 Å². The van der Waals surface area contributed by atoms with Crippen LogP contribution in [0.1, 0.15) is 23.7 Å². The lowest BCUT2D eigenvalue weighted by atomic mass is 10.2. The zero-order chi connectivity index (χ0) is 14.7. The summed E-state index contributed by atoms with van der Waals surface area (Å²) >= 11 is 1.82. The summed E-state index contributed by atoms with van der Waals surface area (Å²) < 4.78 is 1.95. The number of benzene rings is 1. The van der Waals surface area contributed by atoms with E-state index in [1.54, 1.807) is 6.33 Å². The van der Waals surface area contributed by atoms with Gasteiger partial charge >= 0.3 is 0 Å². The van der Waals surface area contributed by atoms with Crippen molar-refractivity contribution in [2.24, 2.45) is 7.05 Å². The number of nitrogens with zero attached hydrogens (tertiary/aromatic N) is 3. The van der Waals surface area contributed by atoms with Crippen LogP contribution in [0.4, 0.5) is 0 Å². The molecular weight excluding hydrogens is 280 g/mol. The van der Waals surface area contributed by atoms with Gasteiger partial charge in [-0.25, -0.2) is 0 Å². The Labute approximate surface area is 128 Å². The molecular formula is C16H18N4S. The number of aromatic nitrogens is 3. The Kier molecular flexibility index (Phi) is 4.13. The maximum atomic E-state index is 4.13. The van der Waals surface area contributed by atoms with Gasteiger partial charge < -0.3 is 9.88 Å². The van der Waals surface area contributed by atoms with Crippen LogP contribution in [0, 0.1) is 0 Å². The van der Waals surface area contributed by atoms with Crippen LogP contribution in [0.25, 0.3) is 10.4 Å². The maximum absolute atomic E-state index is 4.13. The van der Waals surface area contributed by atoms with Crippen molar-refractivity contribution < 1.29 is 0 Å². The van der Waals surface area contributed by atoms with Gasteiger partial charge in [0.15, 0.2) is 0 Å². The molecule has 4 nitrogen and oxygen atoms in total. The number of hydrogen-bond acceptors (Lipinski definition) is 4. The minimum Gasteiger partial charge on any atom is -0.319 e. The highest BCUT2D eigenvalue weighted by Gasteiger charge is 2.11. The van der Waals surface area contributed by atoms with E-state index >= 15 is 0 Å². The first-order valence-corrected chi connectivity index (χ1v) is 7.77. The van der Waals surface area contributed by atoms with Gasteiger partial charge in [-0.15, -0.1) is 21.5 Å². The average molecular weight is 298 g/mol. The predicted molar refractivity (Wildman–Crippen MR) is 86.0 cm³/mol. The quantitative estimate of drug-likeness (QED) is 0.785. The molecule has 0 radical (unpaired) electrons. The zero-order valence-electron chi connectivity index (χ0n) is 12.2. The highest BCUT2D eigenvalue weighted by Crippen LogP contribution is 2.28. The molecule has 0 aliphatic heterocycles. The van der Waals surface area contributed by atoms with Crippen LogP contribution < -0.4 is 5.32 Å². The summed E-state index contributed by atoms with van der Waals surface area (Å²) in [4.78, 5) is 2.63. The molecule has 1 N–H and O–H groups in total. The lowest BCUT2D eigenvalue weighted by molar-refractivity contribution is 0.531. The highest BCUT2D eigenvalue weighted by molar-refractivity contribution is 7.15. The average Bonchev–Trinajstić information content (AvgIpc) is 3.15. The molecule has 3 rings (SSSR count). The van der Waals surface area contributed by atoms with Gasteiger partial charge in [0.1, 0.15) is 12.2 Å². The van der Waals surface area contributed by atoms with Crippen molar-refractivity contribution in [1.82, 2.24) is 20.1 Å². The molecule has 1 atom stereocenters. The van der Waals surface area contributed by atoms with E-state index in [0.717, 1.165) is 12.4 Å². The molecule has 0 aliphatic rings. The zero-order valence-corrected chi connectivity index (χ0v) is 13.0. The van der Waals surface area contributed by atoms with Crippen LogP contribution in [-0.4, -0.2) is 14.8 Å². The van der Waals surface area contributed by atoms with Crippen LogP contribution in [0.3, 0.4) is 0 Å². The number of thiophene rings is 1. The molecule has 0 saturated carbocycles. The maximum Gasteiger partial charge on any atom is 0.149 e. The number of nitrogens with one attached hydrogen (secondary N) is 1. The van der Waals surface area contributed by atoms with Crippen molar-refractivity contribution in [2.75, 3.05) is 0 Å².